The molecular formula is C15H22N2OS. The van der Waals surface area contributed by atoms with Gasteiger partial charge in [0.15, 0.2) is 0 Å². The zero-order valence-electron chi connectivity index (χ0n) is 11.8. The van der Waals surface area contributed by atoms with Crippen LogP contribution in [0.3, 0.4) is 0 Å². The molecule has 0 spiro atoms. The van der Waals surface area contributed by atoms with Crippen molar-refractivity contribution in [2.24, 2.45) is 0 Å². The fraction of sp³-hybridized carbons (Fsp3) is 0.667. The molecule has 0 aliphatic carbocycles. The molecule has 0 N–H and O–H groups in total. The molecule has 3 heterocycles. The van der Waals surface area contributed by atoms with Crippen LogP contribution < -0.4 is 0 Å². The van der Waals surface area contributed by atoms with E-state index >= 15 is 0 Å². The number of hydrogen-bond donors (Lipinski definition) is 0. The van der Waals surface area contributed by atoms with Gasteiger partial charge in [0.1, 0.15) is 0 Å². The van der Waals surface area contributed by atoms with Gasteiger partial charge in [0.05, 0.1) is 6.04 Å². The van der Waals surface area contributed by atoms with Gasteiger partial charge in [-0.2, -0.15) is 0 Å². The Kier molecular flexibility index (Phi) is 3.63. The van der Waals surface area contributed by atoms with E-state index in [4.69, 9.17) is 0 Å². The number of piperazine rings is 1. The number of carbonyl (C=O) groups excluding carboxylic acids is 1. The highest BCUT2D eigenvalue weighted by molar-refractivity contribution is 7.11. The van der Waals surface area contributed by atoms with Crippen molar-refractivity contribution < 1.29 is 4.79 Å². The van der Waals surface area contributed by atoms with E-state index < -0.39 is 0 Å². The lowest BCUT2D eigenvalue weighted by atomic mass is 10.1. The van der Waals surface area contributed by atoms with Crippen molar-refractivity contribution in [3.8, 4) is 0 Å². The first kappa shape index (κ1) is 13.1. The van der Waals surface area contributed by atoms with E-state index in [1.807, 2.05) is 11.3 Å². The minimum atomic E-state index is 0.0431. The minimum absolute atomic E-state index is 0.0431. The zero-order valence-corrected chi connectivity index (χ0v) is 12.6. The smallest absolute Gasteiger partial charge is 0.239 e. The van der Waals surface area contributed by atoms with Crippen LogP contribution in [0.4, 0.5) is 0 Å². The van der Waals surface area contributed by atoms with Crippen molar-refractivity contribution in [2.75, 3.05) is 13.1 Å². The normalized spacial score (nSPS) is 27.9. The van der Waals surface area contributed by atoms with Crippen LogP contribution in [-0.4, -0.2) is 40.9 Å². The average Bonchev–Trinajstić information content (AvgIpc) is 3.04. The lowest BCUT2D eigenvalue weighted by Crippen LogP contribution is -2.58. The Labute approximate surface area is 119 Å². The van der Waals surface area contributed by atoms with E-state index in [-0.39, 0.29) is 6.04 Å². The maximum absolute atomic E-state index is 12.4. The fourth-order valence-electron chi connectivity index (χ4n) is 3.24. The van der Waals surface area contributed by atoms with E-state index in [1.165, 1.54) is 22.6 Å². The minimum Gasteiger partial charge on any atom is -0.337 e. The summed E-state index contributed by atoms with van der Waals surface area (Å²) in [7, 11) is 0. The molecule has 2 aliphatic rings. The second kappa shape index (κ2) is 5.25. The third-order valence-corrected chi connectivity index (χ3v) is 5.65. The highest BCUT2D eigenvalue weighted by atomic mass is 32.1. The predicted molar refractivity (Wildman–Crippen MR) is 78.3 cm³/mol. The topological polar surface area (TPSA) is 23.6 Å². The van der Waals surface area contributed by atoms with Gasteiger partial charge in [-0.25, -0.2) is 0 Å². The number of nitrogens with zero attached hydrogens (tertiary/aromatic N) is 2. The summed E-state index contributed by atoms with van der Waals surface area (Å²) < 4.78 is 0. The van der Waals surface area contributed by atoms with Crippen molar-refractivity contribution in [2.45, 2.75) is 51.7 Å². The van der Waals surface area contributed by atoms with Crippen LogP contribution in [0, 0.1) is 0 Å². The van der Waals surface area contributed by atoms with Crippen LogP contribution in [0.15, 0.2) is 12.1 Å². The summed E-state index contributed by atoms with van der Waals surface area (Å²) in [6.45, 7) is 7.21. The number of hydrogen-bond acceptors (Lipinski definition) is 3. The van der Waals surface area contributed by atoms with Gasteiger partial charge in [0.25, 0.3) is 0 Å². The molecule has 2 atom stereocenters. The molecule has 3 rings (SSSR count). The number of aryl methyl sites for hydroxylation is 1. The number of thiophene rings is 1. The van der Waals surface area contributed by atoms with Gasteiger partial charge >= 0.3 is 0 Å². The Morgan fingerprint density at radius 1 is 1.37 bits per heavy atom. The van der Waals surface area contributed by atoms with Gasteiger partial charge in [-0.15, -0.1) is 11.3 Å². The standard InChI is InChI=1S/C15H22N2OS/c1-3-13-6-7-14(19-13)10-16-9-12-5-4-8-17(12)15(18)11(16)2/h6-7,11-12H,3-5,8-10H2,1-2H3/t11-,12-/m1/s1. The van der Waals surface area contributed by atoms with Crippen LogP contribution in [0.25, 0.3) is 0 Å². The third kappa shape index (κ3) is 2.43. The van der Waals surface area contributed by atoms with Crippen LogP contribution in [0.5, 0.6) is 0 Å². The Morgan fingerprint density at radius 3 is 2.89 bits per heavy atom. The SMILES string of the molecule is CCc1ccc(CN2C[C@H]3CCCN3C(=O)[C@H]2C)s1. The van der Waals surface area contributed by atoms with Gasteiger partial charge in [0.2, 0.25) is 5.91 Å². The van der Waals surface area contributed by atoms with Crippen LogP contribution in [-0.2, 0) is 17.8 Å². The highest BCUT2D eigenvalue weighted by Crippen LogP contribution is 2.28. The van der Waals surface area contributed by atoms with Crippen molar-refractivity contribution in [1.82, 2.24) is 9.80 Å². The summed E-state index contributed by atoms with van der Waals surface area (Å²) in [5, 5.41) is 0. The molecule has 4 heteroatoms. The molecule has 1 aromatic heterocycles. The Morgan fingerprint density at radius 2 is 2.16 bits per heavy atom. The second-order valence-electron chi connectivity index (χ2n) is 5.65. The zero-order chi connectivity index (χ0) is 13.4. The Bertz CT molecular complexity index is 470. The van der Waals surface area contributed by atoms with Crippen molar-refractivity contribution in [3.63, 3.8) is 0 Å². The molecule has 0 bridgehead atoms. The summed E-state index contributed by atoms with van der Waals surface area (Å²) in [6, 6.07) is 4.95. The molecule has 0 unspecified atom stereocenters. The van der Waals surface area contributed by atoms with Gasteiger partial charge in [-0.3, -0.25) is 9.69 Å². The average molecular weight is 278 g/mol. The van der Waals surface area contributed by atoms with Crippen molar-refractivity contribution in [3.05, 3.63) is 21.9 Å². The lowest BCUT2D eigenvalue weighted by molar-refractivity contribution is -0.143. The maximum atomic E-state index is 12.4. The molecule has 2 aliphatic heterocycles. The Balaban J connectivity index is 1.71. The summed E-state index contributed by atoms with van der Waals surface area (Å²) in [5.74, 6) is 0.334. The monoisotopic (exact) mass is 278 g/mol. The highest BCUT2D eigenvalue weighted by Gasteiger charge is 2.40. The molecule has 104 valence electrons. The first-order valence-corrected chi connectivity index (χ1v) is 8.12. The first-order valence-electron chi connectivity index (χ1n) is 7.31. The molecule has 2 fully saturated rings. The summed E-state index contributed by atoms with van der Waals surface area (Å²) >= 11 is 1.89. The molecule has 0 radical (unpaired) electrons. The predicted octanol–water partition coefficient (Wildman–Crippen LogP) is 2.51. The molecule has 0 aromatic carbocycles. The van der Waals surface area contributed by atoms with E-state index in [9.17, 15) is 4.79 Å². The molecule has 0 saturated carbocycles. The molecule has 2 saturated heterocycles. The quantitative estimate of drug-likeness (QED) is 0.848. The third-order valence-electron chi connectivity index (χ3n) is 4.44. The molecular weight excluding hydrogens is 256 g/mol. The maximum Gasteiger partial charge on any atom is 0.239 e. The van der Waals surface area contributed by atoms with E-state index in [1.54, 1.807) is 0 Å². The van der Waals surface area contributed by atoms with Gasteiger partial charge in [-0.05, 0) is 38.3 Å². The number of carbonyl (C=O) groups is 1. The first-order chi connectivity index (χ1) is 9.19. The fourth-order valence-corrected chi connectivity index (χ4v) is 4.22. The van der Waals surface area contributed by atoms with E-state index in [2.05, 4.69) is 35.8 Å². The van der Waals surface area contributed by atoms with Crippen LogP contribution in [0.2, 0.25) is 0 Å². The van der Waals surface area contributed by atoms with E-state index in [0.717, 1.165) is 26.1 Å². The van der Waals surface area contributed by atoms with Crippen molar-refractivity contribution >= 4 is 17.2 Å². The summed E-state index contributed by atoms with van der Waals surface area (Å²) in [6.07, 6.45) is 3.46. The molecule has 19 heavy (non-hydrogen) atoms. The van der Waals surface area contributed by atoms with Gasteiger partial charge < -0.3 is 4.90 Å². The van der Waals surface area contributed by atoms with E-state index in [0.29, 0.717) is 11.9 Å². The number of amides is 1. The second-order valence-corrected chi connectivity index (χ2v) is 6.91. The van der Waals surface area contributed by atoms with Crippen LogP contribution in [0.1, 0.15) is 36.4 Å². The van der Waals surface area contributed by atoms with Gasteiger partial charge in [-0.1, -0.05) is 6.92 Å². The van der Waals surface area contributed by atoms with Crippen molar-refractivity contribution in [1.29, 1.82) is 0 Å². The molecule has 1 aromatic rings. The largest absolute Gasteiger partial charge is 0.337 e. The molecule has 3 nitrogen and oxygen atoms in total. The molecule has 1 amide bonds. The Hall–Kier alpha value is -0.870. The summed E-state index contributed by atoms with van der Waals surface area (Å²) in [4.78, 5) is 19.7. The summed E-state index contributed by atoms with van der Waals surface area (Å²) in [5.41, 5.74) is 0. The van der Waals surface area contributed by atoms with Crippen LogP contribution >= 0.6 is 11.3 Å². The number of fused-ring (bicyclic) bond motifs is 1. The number of rotatable bonds is 3. The van der Waals surface area contributed by atoms with Gasteiger partial charge in [0, 0.05) is 35.4 Å². The lowest BCUT2D eigenvalue weighted by Gasteiger charge is -2.41.